The summed E-state index contributed by atoms with van der Waals surface area (Å²) < 4.78 is 0. The summed E-state index contributed by atoms with van der Waals surface area (Å²) in [6.45, 7) is 0. The molecule has 0 spiro atoms. The molecular weight excluding hydrogens is 226 g/mol. The quantitative estimate of drug-likeness (QED) is 0.849. The Bertz CT molecular complexity index is 461. The van der Waals surface area contributed by atoms with Crippen LogP contribution in [0.4, 0.5) is 5.69 Å². The van der Waals surface area contributed by atoms with E-state index in [-0.39, 0.29) is 17.9 Å². The molecule has 2 atom stereocenters. The van der Waals surface area contributed by atoms with Gasteiger partial charge < -0.3 is 11.1 Å². The SMILES string of the molecule is N#CCc1ccc(NC(=O)C2CCCC2N)cc1. The number of hydrogen-bond donors (Lipinski definition) is 2. The second-order valence-corrected chi connectivity index (χ2v) is 4.72. The van der Waals surface area contributed by atoms with Gasteiger partial charge >= 0.3 is 0 Å². The average Bonchev–Trinajstić information content (AvgIpc) is 2.78. The first-order valence-electron chi connectivity index (χ1n) is 6.23. The van der Waals surface area contributed by atoms with E-state index >= 15 is 0 Å². The Morgan fingerprint density at radius 3 is 2.67 bits per heavy atom. The van der Waals surface area contributed by atoms with E-state index in [4.69, 9.17) is 11.0 Å². The smallest absolute Gasteiger partial charge is 0.229 e. The molecule has 2 unspecified atom stereocenters. The molecule has 0 aromatic heterocycles. The third-order valence-corrected chi connectivity index (χ3v) is 3.41. The highest BCUT2D eigenvalue weighted by molar-refractivity contribution is 5.93. The van der Waals surface area contributed by atoms with Crippen LogP contribution in [0.1, 0.15) is 24.8 Å². The third kappa shape index (κ3) is 2.88. The van der Waals surface area contributed by atoms with Crippen LogP contribution in [0.15, 0.2) is 24.3 Å². The Kier molecular flexibility index (Phi) is 3.96. The highest BCUT2D eigenvalue weighted by atomic mass is 16.1. The van der Waals surface area contributed by atoms with Crippen LogP contribution in [-0.4, -0.2) is 11.9 Å². The van der Waals surface area contributed by atoms with Crippen LogP contribution in [0, 0.1) is 17.2 Å². The Hall–Kier alpha value is -1.86. The first-order valence-corrected chi connectivity index (χ1v) is 6.23. The van der Waals surface area contributed by atoms with E-state index in [9.17, 15) is 4.79 Å². The second-order valence-electron chi connectivity index (χ2n) is 4.72. The van der Waals surface area contributed by atoms with E-state index in [1.807, 2.05) is 24.3 Å². The number of rotatable bonds is 3. The van der Waals surface area contributed by atoms with Gasteiger partial charge in [-0.05, 0) is 30.5 Å². The summed E-state index contributed by atoms with van der Waals surface area (Å²) in [5.74, 6) is -0.0585. The van der Waals surface area contributed by atoms with E-state index in [1.165, 1.54) is 0 Å². The van der Waals surface area contributed by atoms with Crippen molar-refractivity contribution in [3.8, 4) is 6.07 Å². The molecule has 0 saturated heterocycles. The highest BCUT2D eigenvalue weighted by Gasteiger charge is 2.30. The van der Waals surface area contributed by atoms with E-state index < -0.39 is 0 Å². The van der Waals surface area contributed by atoms with Gasteiger partial charge in [0.2, 0.25) is 5.91 Å². The van der Waals surface area contributed by atoms with Crippen LogP contribution in [0.3, 0.4) is 0 Å². The predicted octanol–water partition coefficient (Wildman–Crippen LogP) is 1.82. The lowest BCUT2D eigenvalue weighted by molar-refractivity contribution is -0.120. The van der Waals surface area contributed by atoms with Crippen molar-refractivity contribution in [2.45, 2.75) is 31.7 Å². The molecule has 1 aromatic carbocycles. The monoisotopic (exact) mass is 243 g/mol. The molecular formula is C14H17N3O. The first kappa shape index (κ1) is 12.6. The minimum atomic E-state index is -0.0659. The standard InChI is InChI=1S/C14H17N3O/c15-9-8-10-4-6-11(7-5-10)17-14(18)12-2-1-3-13(12)16/h4-7,12-13H,1-3,8,16H2,(H,17,18). The minimum Gasteiger partial charge on any atom is -0.327 e. The maximum atomic E-state index is 12.0. The maximum Gasteiger partial charge on any atom is 0.229 e. The van der Waals surface area contributed by atoms with Crippen LogP contribution >= 0.6 is 0 Å². The number of anilines is 1. The van der Waals surface area contributed by atoms with E-state index in [2.05, 4.69) is 11.4 Å². The molecule has 94 valence electrons. The zero-order chi connectivity index (χ0) is 13.0. The Labute approximate surface area is 107 Å². The fraction of sp³-hybridized carbons (Fsp3) is 0.429. The van der Waals surface area contributed by atoms with Crippen molar-refractivity contribution in [1.29, 1.82) is 5.26 Å². The molecule has 1 aliphatic carbocycles. The molecule has 1 aliphatic rings. The van der Waals surface area contributed by atoms with Crippen molar-refractivity contribution in [2.24, 2.45) is 11.7 Å². The molecule has 0 aliphatic heterocycles. The van der Waals surface area contributed by atoms with E-state index in [0.29, 0.717) is 6.42 Å². The first-order chi connectivity index (χ1) is 8.70. The number of nitriles is 1. The third-order valence-electron chi connectivity index (χ3n) is 3.41. The molecule has 18 heavy (non-hydrogen) atoms. The minimum absolute atomic E-state index is 0.00744. The van der Waals surface area contributed by atoms with Crippen molar-refractivity contribution in [3.05, 3.63) is 29.8 Å². The lowest BCUT2D eigenvalue weighted by Gasteiger charge is -2.15. The van der Waals surface area contributed by atoms with Crippen molar-refractivity contribution in [3.63, 3.8) is 0 Å². The number of carbonyl (C=O) groups is 1. The zero-order valence-corrected chi connectivity index (χ0v) is 10.2. The van der Waals surface area contributed by atoms with Gasteiger partial charge in [0.25, 0.3) is 0 Å². The normalized spacial score (nSPS) is 22.4. The van der Waals surface area contributed by atoms with E-state index in [0.717, 1.165) is 30.5 Å². The van der Waals surface area contributed by atoms with E-state index in [1.54, 1.807) is 0 Å². The van der Waals surface area contributed by atoms with Gasteiger partial charge in [0.15, 0.2) is 0 Å². The van der Waals surface area contributed by atoms with Crippen molar-refractivity contribution in [1.82, 2.24) is 0 Å². The number of nitrogens with zero attached hydrogens (tertiary/aromatic N) is 1. The molecule has 4 nitrogen and oxygen atoms in total. The Morgan fingerprint density at radius 2 is 2.11 bits per heavy atom. The summed E-state index contributed by atoms with van der Waals surface area (Å²) >= 11 is 0. The number of hydrogen-bond acceptors (Lipinski definition) is 3. The number of amides is 1. The Morgan fingerprint density at radius 1 is 1.39 bits per heavy atom. The van der Waals surface area contributed by atoms with Gasteiger partial charge in [-0.2, -0.15) is 5.26 Å². The zero-order valence-electron chi connectivity index (χ0n) is 10.2. The lowest BCUT2D eigenvalue weighted by Crippen LogP contribution is -2.34. The molecule has 1 saturated carbocycles. The fourth-order valence-electron chi connectivity index (χ4n) is 2.35. The van der Waals surface area contributed by atoms with Crippen LogP contribution in [0.25, 0.3) is 0 Å². The van der Waals surface area contributed by atoms with Crippen LogP contribution < -0.4 is 11.1 Å². The van der Waals surface area contributed by atoms with Gasteiger partial charge in [-0.15, -0.1) is 0 Å². The molecule has 3 N–H and O–H groups in total. The van der Waals surface area contributed by atoms with Gasteiger partial charge in [-0.25, -0.2) is 0 Å². The second kappa shape index (κ2) is 5.65. The summed E-state index contributed by atoms with van der Waals surface area (Å²) in [5.41, 5.74) is 7.62. The number of nitrogens with two attached hydrogens (primary N) is 1. The van der Waals surface area contributed by atoms with Gasteiger partial charge in [0.05, 0.1) is 18.4 Å². The summed E-state index contributed by atoms with van der Waals surface area (Å²) in [4.78, 5) is 12.0. The van der Waals surface area contributed by atoms with Crippen LogP contribution in [0.5, 0.6) is 0 Å². The van der Waals surface area contributed by atoms with Gasteiger partial charge in [0, 0.05) is 11.7 Å². The van der Waals surface area contributed by atoms with Gasteiger partial charge in [-0.3, -0.25) is 4.79 Å². The number of carbonyl (C=O) groups excluding carboxylic acids is 1. The maximum absolute atomic E-state index is 12.0. The summed E-state index contributed by atoms with van der Waals surface area (Å²) in [6.07, 6.45) is 3.22. The largest absolute Gasteiger partial charge is 0.327 e. The molecule has 1 amide bonds. The molecule has 4 heteroatoms. The average molecular weight is 243 g/mol. The molecule has 0 heterocycles. The van der Waals surface area contributed by atoms with Crippen LogP contribution in [0.2, 0.25) is 0 Å². The topological polar surface area (TPSA) is 78.9 Å². The molecule has 2 rings (SSSR count). The van der Waals surface area contributed by atoms with Crippen molar-refractivity contribution < 1.29 is 4.79 Å². The molecule has 1 fully saturated rings. The summed E-state index contributed by atoms with van der Waals surface area (Å²) in [7, 11) is 0. The van der Waals surface area contributed by atoms with Crippen molar-refractivity contribution in [2.75, 3.05) is 5.32 Å². The van der Waals surface area contributed by atoms with Crippen molar-refractivity contribution >= 4 is 11.6 Å². The summed E-state index contributed by atoms with van der Waals surface area (Å²) in [5, 5.41) is 11.5. The number of benzene rings is 1. The predicted molar refractivity (Wildman–Crippen MR) is 69.7 cm³/mol. The number of nitrogens with one attached hydrogen (secondary N) is 1. The molecule has 1 aromatic rings. The fourth-order valence-corrected chi connectivity index (χ4v) is 2.35. The lowest BCUT2D eigenvalue weighted by atomic mass is 10.0. The highest BCUT2D eigenvalue weighted by Crippen LogP contribution is 2.25. The van der Waals surface area contributed by atoms with Crippen LogP contribution in [-0.2, 0) is 11.2 Å². The van der Waals surface area contributed by atoms with Gasteiger partial charge in [0.1, 0.15) is 0 Å². The Balaban J connectivity index is 1.97. The molecule has 0 bridgehead atoms. The van der Waals surface area contributed by atoms with Gasteiger partial charge in [-0.1, -0.05) is 18.6 Å². The summed E-state index contributed by atoms with van der Waals surface area (Å²) in [6, 6.07) is 9.44. The molecule has 0 radical (unpaired) electrons.